The molecule has 2 rings (SSSR count). The molecule has 0 amide bonds. The average molecular weight is 308 g/mol. The molecule has 4 nitrogen and oxygen atoms in total. The fourth-order valence-corrected chi connectivity index (χ4v) is 2.23. The Morgan fingerprint density at radius 1 is 1.44 bits per heavy atom. The van der Waals surface area contributed by atoms with E-state index in [1.807, 2.05) is 32.9 Å². The van der Waals surface area contributed by atoms with Crippen molar-refractivity contribution in [3.8, 4) is 0 Å². The number of aromatic nitrogens is 3. The molecule has 5 heteroatoms. The number of nitrogens with zero attached hydrogens (tertiary/aromatic N) is 3. The molecule has 0 aliphatic rings. The highest BCUT2D eigenvalue weighted by Gasteiger charge is 2.22. The fraction of sp³-hybridized carbons (Fsp3) is 0.308. The zero-order chi connectivity index (χ0) is 13.3. The Balaban J connectivity index is 2.53. The molecule has 18 heavy (non-hydrogen) atoms. The molecule has 0 fully saturated rings. The van der Waals surface area contributed by atoms with Crippen LogP contribution in [0.25, 0.3) is 0 Å². The topological polar surface area (TPSA) is 47.8 Å². The predicted octanol–water partition coefficient (Wildman–Crippen LogP) is 3.16. The van der Waals surface area contributed by atoms with Crippen LogP contribution in [0, 0.1) is 6.92 Å². The largest absolute Gasteiger partial charge is 0.285 e. The maximum Gasteiger partial charge on any atom is 0.230 e. The first-order valence-corrected chi connectivity index (χ1v) is 6.51. The van der Waals surface area contributed by atoms with Gasteiger partial charge in [0, 0.05) is 12.2 Å². The minimum atomic E-state index is -0.105. The second-order valence-corrected chi connectivity index (χ2v) is 5.23. The summed E-state index contributed by atoms with van der Waals surface area (Å²) in [7, 11) is 0. The van der Waals surface area contributed by atoms with Crippen LogP contribution in [-0.4, -0.2) is 20.5 Å². The number of aryl methyl sites for hydroxylation is 1. The van der Waals surface area contributed by atoms with Crippen molar-refractivity contribution in [2.45, 2.75) is 26.8 Å². The van der Waals surface area contributed by atoms with Gasteiger partial charge in [0.05, 0.1) is 10.7 Å². The number of hydrogen-bond acceptors (Lipinski definition) is 3. The van der Waals surface area contributed by atoms with Gasteiger partial charge in [-0.1, -0.05) is 6.07 Å². The standard InChI is InChI=1S/C13H14BrN3O/c1-8(2)17-12(10(14)7-16-17)13(18)11-9(3)5-4-6-15-11/h4-8H,1-3H3. The lowest BCUT2D eigenvalue weighted by molar-refractivity contribution is 0.102. The summed E-state index contributed by atoms with van der Waals surface area (Å²) in [5, 5.41) is 4.21. The normalized spacial score (nSPS) is 10.9. The number of carbonyl (C=O) groups is 1. The van der Waals surface area contributed by atoms with Gasteiger partial charge in [0.25, 0.3) is 0 Å². The molecule has 0 N–H and O–H groups in total. The van der Waals surface area contributed by atoms with E-state index in [4.69, 9.17) is 0 Å². The summed E-state index contributed by atoms with van der Waals surface area (Å²) in [6.45, 7) is 5.85. The molecule has 0 aliphatic carbocycles. The van der Waals surface area contributed by atoms with Gasteiger partial charge in [-0.15, -0.1) is 0 Å². The van der Waals surface area contributed by atoms with Gasteiger partial charge in [-0.05, 0) is 48.3 Å². The van der Waals surface area contributed by atoms with E-state index >= 15 is 0 Å². The maximum absolute atomic E-state index is 12.5. The maximum atomic E-state index is 12.5. The Morgan fingerprint density at radius 2 is 2.17 bits per heavy atom. The first-order valence-electron chi connectivity index (χ1n) is 5.71. The summed E-state index contributed by atoms with van der Waals surface area (Å²) in [5.74, 6) is -0.105. The molecule has 0 atom stereocenters. The molecule has 2 heterocycles. The molecule has 2 aromatic rings. The lowest BCUT2D eigenvalue weighted by Gasteiger charge is -2.11. The number of ketones is 1. The van der Waals surface area contributed by atoms with E-state index in [9.17, 15) is 4.79 Å². The number of hydrogen-bond donors (Lipinski definition) is 0. The molecule has 0 aliphatic heterocycles. The fourth-order valence-electron chi connectivity index (χ4n) is 1.78. The first-order chi connectivity index (χ1) is 8.52. The highest BCUT2D eigenvalue weighted by atomic mass is 79.9. The summed E-state index contributed by atoms with van der Waals surface area (Å²) in [6, 6.07) is 3.82. The number of rotatable bonds is 3. The Labute approximate surface area is 114 Å². The molecular formula is C13H14BrN3O. The van der Waals surface area contributed by atoms with Crippen LogP contribution in [0.15, 0.2) is 29.0 Å². The van der Waals surface area contributed by atoms with Crippen molar-refractivity contribution in [1.29, 1.82) is 0 Å². The minimum absolute atomic E-state index is 0.105. The lowest BCUT2D eigenvalue weighted by Crippen LogP contribution is -2.15. The molecule has 0 saturated carbocycles. The molecule has 0 spiro atoms. The van der Waals surface area contributed by atoms with E-state index in [0.29, 0.717) is 15.9 Å². The molecule has 2 aromatic heterocycles. The molecular weight excluding hydrogens is 294 g/mol. The third-order valence-corrected chi connectivity index (χ3v) is 3.26. The Kier molecular flexibility index (Phi) is 3.61. The van der Waals surface area contributed by atoms with Gasteiger partial charge in [0.1, 0.15) is 11.4 Å². The van der Waals surface area contributed by atoms with Gasteiger partial charge in [-0.3, -0.25) is 14.5 Å². The number of carbonyl (C=O) groups excluding carboxylic acids is 1. The predicted molar refractivity (Wildman–Crippen MR) is 72.7 cm³/mol. The molecule has 0 aromatic carbocycles. The van der Waals surface area contributed by atoms with Crippen LogP contribution in [0.1, 0.15) is 41.6 Å². The smallest absolute Gasteiger partial charge is 0.230 e. The van der Waals surface area contributed by atoms with E-state index in [-0.39, 0.29) is 11.8 Å². The van der Waals surface area contributed by atoms with Crippen molar-refractivity contribution in [2.24, 2.45) is 0 Å². The highest BCUT2D eigenvalue weighted by molar-refractivity contribution is 9.10. The van der Waals surface area contributed by atoms with Gasteiger partial charge in [-0.2, -0.15) is 5.10 Å². The highest BCUT2D eigenvalue weighted by Crippen LogP contribution is 2.23. The van der Waals surface area contributed by atoms with Crippen LogP contribution in [0.2, 0.25) is 0 Å². The van der Waals surface area contributed by atoms with E-state index < -0.39 is 0 Å². The summed E-state index contributed by atoms with van der Waals surface area (Å²) in [4.78, 5) is 16.7. The lowest BCUT2D eigenvalue weighted by atomic mass is 10.1. The Bertz CT molecular complexity index is 590. The third kappa shape index (κ3) is 2.22. The van der Waals surface area contributed by atoms with Crippen LogP contribution in [0.3, 0.4) is 0 Å². The molecule has 0 radical (unpaired) electrons. The zero-order valence-corrected chi connectivity index (χ0v) is 12.1. The molecule has 0 saturated heterocycles. The molecule has 94 valence electrons. The summed E-state index contributed by atoms with van der Waals surface area (Å²) in [6.07, 6.45) is 3.27. The van der Waals surface area contributed by atoms with Gasteiger partial charge in [0.2, 0.25) is 5.78 Å². The minimum Gasteiger partial charge on any atom is -0.285 e. The van der Waals surface area contributed by atoms with Crippen LogP contribution in [0.5, 0.6) is 0 Å². The quantitative estimate of drug-likeness (QED) is 0.818. The van der Waals surface area contributed by atoms with E-state index in [2.05, 4.69) is 26.0 Å². The van der Waals surface area contributed by atoms with Crippen molar-refractivity contribution in [1.82, 2.24) is 14.8 Å². The average Bonchev–Trinajstić information content (AvgIpc) is 2.71. The van der Waals surface area contributed by atoms with Gasteiger partial charge >= 0.3 is 0 Å². The van der Waals surface area contributed by atoms with Crippen LogP contribution >= 0.6 is 15.9 Å². The SMILES string of the molecule is Cc1cccnc1C(=O)c1c(Br)cnn1C(C)C. The monoisotopic (exact) mass is 307 g/mol. The van der Waals surface area contributed by atoms with Crippen molar-refractivity contribution < 1.29 is 4.79 Å². The van der Waals surface area contributed by atoms with Crippen molar-refractivity contribution in [3.63, 3.8) is 0 Å². The Morgan fingerprint density at radius 3 is 2.78 bits per heavy atom. The Hall–Kier alpha value is -1.49. The second kappa shape index (κ2) is 5.02. The van der Waals surface area contributed by atoms with E-state index in [0.717, 1.165) is 5.56 Å². The van der Waals surface area contributed by atoms with Crippen LogP contribution in [-0.2, 0) is 0 Å². The number of pyridine rings is 1. The van der Waals surface area contributed by atoms with E-state index in [1.165, 1.54) is 0 Å². The van der Waals surface area contributed by atoms with Crippen molar-refractivity contribution in [3.05, 3.63) is 46.0 Å². The molecule has 0 unspecified atom stereocenters. The van der Waals surface area contributed by atoms with Crippen LogP contribution < -0.4 is 0 Å². The third-order valence-electron chi connectivity index (χ3n) is 2.68. The van der Waals surface area contributed by atoms with Crippen molar-refractivity contribution >= 4 is 21.7 Å². The first kappa shape index (κ1) is 13.0. The van der Waals surface area contributed by atoms with Crippen molar-refractivity contribution in [2.75, 3.05) is 0 Å². The van der Waals surface area contributed by atoms with Gasteiger partial charge in [0.15, 0.2) is 0 Å². The van der Waals surface area contributed by atoms with Crippen LogP contribution in [0.4, 0.5) is 0 Å². The summed E-state index contributed by atoms with van der Waals surface area (Å²) >= 11 is 3.38. The second-order valence-electron chi connectivity index (χ2n) is 4.38. The van der Waals surface area contributed by atoms with E-state index in [1.54, 1.807) is 17.1 Å². The van der Waals surface area contributed by atoms with Gasteiger partial charge < -0.3 is 0 Å². The summed E-state index contributed by atoms with van der Waals surface area (Å²) < 4.78 is 2.41. The summed E-state index contributed by atoms with van der Waals surface area (Å²) in [5.41, 5.74) is 1.89. The number of halogens is 1. The molecule has 0 bridgehead atoms. The zero-order valence-electron chi connectivity index (χ0n) is 10.5. The van der Waals surface area contributed by atoms with Gasteiger partial charge in [-0.25, -0.2) is 0 Å².